The third kappa shape index (κ3) is 2.92. The lowest BCUT2D eigenvalue weighted by Gasteiger charge is -2.23. The van der Waals surface area contributed by atoms with Gasteiger partial charge in [0.15, 0.2) is 0 Å². The molecule has 0 spiro atoms. The van der Waals surface area contributed by atoms with Gasteiger partial charge in [0, 0.05) is 23.8 Å². The van der Waals surface area contributed by atoms with Crippen LogP contribution in [0, 0.1) is 5.92 Å². The van der Waals surface area contributed by atoms with E-state index >= 15 is 0 Å². The third-order valence-corrected chi connectivity index (χ3v) is 3.08. The van der Waals surface area contributed by atoms with Gasteiger partial charge in [0.2, 0.25) is 5.91 Å². The molecule has 1 aliphatic heterocycles. The summed E-state index contributed by atoms with van der Waals surface area (Å²) in [4.78, 5) is 24.3. The summed E-state index contributed by atoms with van der Waals surface area (Å²) in [6, 6.07) is 7.04. The number of rotatable bonds is 2. The van der Waals surface area contributed by atoms with E-state index in [9.17, 15) is 9.59 Å². The van der Waals surface area contributed by atoms with E-state index in [0.717, 1.165) is 5.69 Å². The minimum Gasteiger partial charge on any atom is -0.481 e. The highest BCUT2D eigenvalue weighted by Gasteiger charge is 2.26. The molecule has 1 fully saturated rings. The minimum atomic E-state index is -0.913. The van der Waals surface area contributed by atoms with Crippen LogP contribution in [0.2, 0.25) is 5.02 Å². The van der Waals surface area contributed by atoms with Crippen molar-refractivity contribution in [2.24, 2.45) is 5.92 Å². The van der Waals surface area contributed by atoms with E-state index in [2.05, 4.69) is 5.32 Å². The van der Waals surface area contributed by atoms with Crippen LogP contribution in [0.4, 0.5) is 5.69 Å². The second-order valence-corrected chi connectivity index (χ2v) is 4.64. The van der Waals surface area contributed by atoms with E-state index in [-0.39, 0.29) is 25.5 Å². The molecule has 1 aromatic carbocycles. The number of benzene rings is 1. The van der Waals surface area contributed by atoms with E-state index in [0.29, 0.717) is 5.02 Å². The van der Waals surface area contributed by atoms with Gasteiger partial charge in [-0.2, -0.15) is 0 Å². The SMILES string of the molecule is O=C1CN(c2cccc(Cl)c2)CC(C(=O)O)CN1. The molecular formula is C12H13ClN2O3. The smallest absolute Gasteiger partial charge is 0.310 e. The monoisotopic (exact) mass is 268 g/mol. The van der Waals surface area contributed by atoms with Crippen molar-refractivity contribution in [3.63, 3.8) is 0 Å². The number of carboxylic acids is 1. The number of carbonyl (C=O) groups is 2. The van der Waals surface area contributed by atoms with Gasteiger partial charge in [-0.05, 0) is 18.2 Å². The van der Waals surface area contributed by atoms with Crippen molar-refractivity contribution >= 4 is 29.2 Å². The van der Waals surface area contributed by atoms with E-state index in [1.165, 1.54) is 0 Å². The zero-order chi connectivity index (χ0) is 13.1. The van der Waals surface area contributed by atoms with Crippen LogP contribution < -0.4 is 10.2 Å². The van der Waals surface area contributed by atoms with E-state index in [4.69, 9.17) is 16.7 Å². The first-order valence-corrected chi connectivity index (χ1v) is 5.94. The molecular weight excluding hydrogens is 256 g/mol. The molecule has 6 heteroatoms. The van der Waals surface area contributed by atoms with Crippen LogP contribution in [0.5, 0.6) is 0 Å². The molecule has 0 saturated carbocycles. The van der Waals surface area contributed by atoms with Crippen LogP contribution in [-0.2, 0) is 9.59 Å². The molecule has 1 unspecified atom stereocenters. The number of hydrogen-bond acceptors (Lipinski definition) is 3. The number of halogens is 1. The molecule has 1 aliphatic rings. The van der Waals surface area contributed by atoms with E-state index in [1.807, 2.05) is 6.07 Å². The van der Waals surface area contributed by atoms with Gasteiger partial charge in [-0.25, -0.2) is 0 Å². The van der Waals surface area contributed by atoms with Crippen molar-refractivity contribution in [2.75, 3.05) is 24.5 Å². The van der Waals surface area contributed by atoms with Crippen molar-refractivity contribution in [2.45, 2.75) is 0 Å². The lowest BCUT2D eigenvalue weighted by molar-refractivity contribution is -0.141. The summed E-state index contributed by atoms with van der Waals surface area (Å²) in [7, 11) is 0. The number of aliphatic carboxylic acids is 1. The molecule has 1 saturated heterocycles. The second-order valence-electron chi connectivity index (χ2n) is 4.20. The Balaban J connectivity index is 2.24. The summed E-state index contributed by atoms with van der Waals surface area (Å²) in [5.41, 5.74) is 0.755. The first-order chi connectivity index (χ1) is 8.56. The number of amides is 1. The van der Waals surface area contributed by atoms with Crippen molar-refractivity contribution < 1.29 is 14.7 Å². The summed E-state index contributed by atoms with van der Waals surface area (Å²) in [6.07, 6.45) is 0. The Bertz CT molecular complexity index is 478. The van der Waals surface area contributed by atoms with E-state index in [1.54, 1.807) is 23.1 Å². The molecule has 0 bridgehead atoms. The molecule has 1 aromatic rings. The van der Waals surface area contributed by atoms with Crippen LogP contribution in [0.25, 0.3) is 0 Å². The Labute approximate surface area is 109 Å². The number of carbonyl (C=O) groups excluding carboxylic acids is 1. The molecule has 2 N–H and O–H groups in total. The molecule has 1 atom stereocenters. The summed E-state index contributed by atoms with van der Waals surface area (Å²) in [6.45, 7) is 0.587. The first kappa shape index (κ1) is 12.7. The molecule has 2 rings (SSSR count). The third-order valence-electron chi connectivity index (χ3n) is 2.84. The lowest BCUT2D eigenvalue weighted by atomic mass is 10.1. The summed E-state index contributed by atoms with van der Waals surface area (Å²) < 4.78 is 0. The highest BCUT2D eigenvalue weighted by Crippen LogP contribution is 2.21. The first-order valence-electron chi connectivity index (χ1n) is 5.56. The van der Waals surface area contributed by atoms with Gasteiger partial charge in [0.1, 0.15) is 0 Å². The minimum absolute atomic E-state index is 0.143. The normalized spacial score (nSPS) is 20.2. The van der Waals surface area contributed by atoms with E-state index < -0.39 is 11.9 Å². The Morgan fingerprint density at radius 1 is 1.50 bits per heavy atom. The lowest BCUT2D eigenvalue weighted by Crippen LogP contribution is -2.34. The van der Waals surface area contributed by atoms with Crippen LogP contribution in [0.3, 0.4) is 0 Å². The largest absolute Gasteiger partial charge is 0.481 e. The van der Waals surface area contributed by atoms with Crippen molar-refractivity contribution in [1.82, 2.24) is 5.32 Å². The maximum atomic E-state index is 11.5. The Morgan fingerprint density at radius 2 is 2.28 bits per heavy atom. The van der Waals surface area contributed by atoms with Gasteiger partial charge in [0.25, 0.3) is 0 Å². The maximum Gasteiger partial charge on any atom is 0.310 e. The van der Waals surface area contributed by atoms with Crippen LogP contribution in [0.1, 0.15) is 0 Å². The molecule has 0 radical (unpaired) electrons. The number of anilines is 1. The second kappa shape index (κ2) is 5.27. The van der Waals surface area contributed by atoms with Crippen molar-refractivity contribution in [3.05, 3.63) is 29.3 Å². The van der Waals surface area contributed by atoms with Gasteiger partial charge in [0.05, 0.1) is 12.5 Å². The van der Waals surface area contributed by atoms with Gasteiger partial charge in [-0.3, -0.25) is 9.59 Å². The molecule has 1 heterocycles. The maximum absolute atomic E-state index is 11.5. The Hall–Kier alpha value is -1.75. The number of carboxylic acid groups (broad SMARTS) is 1. The summed E-state index contributed by atoms with van der Waals surface area (Å²) in [5.74, 6) is -1.71. The molecule has 5 nitrogen and oxygen atoms in total. The average molecular weight is 269 g/mol. The van der Waals surface area contributed by atoms with Gasteiger partial charge < -0.3 is 15.3 Å². The topological polar surface area (TPSA) is 69.6 Å². The molecule has 1 amide bonds. The summed E-state index contributed by atoms with van der Waals surface area (Å²) in [5, 5.41) is 12.2. The zero-order valence-electron chi connectivity index (χ0n) is 9.60. The van der Waals surface area contributed by atoms with Gasteiger partial charge in [-0.15, -0.1) is 0 Å². The fraction of sp³-hybridized carbons (Fsp3) is 0.333. The van der Waals surface area contributed by atoms with Crippen LogP contribution in [0.15, 0.2) is 24.3 Å². The predicted octanol–water partition coefficient (Wildman–Crippen LogP) is 0.977. The van der Waals surface area contributed by atoms with Gasteiger partial charge >= 0.3 is 5.97 Å². The quantitative estimate of drug-likeness (QED) is 0.839. The number of hydrogen-bond donors (Lipinski definition) is 2. The highest BCUT2D eigenvalue weighted by atomic mass is 35.5. The van der Waals surface area contributed by atoms with Crippen molar-refractivity contribution in [3.8, 4) is 0 Å². The fourth-order valence-electron chi connectivity index (χ4n) is 1.90. The highest BCUT2D eigenvalue weighted by molar-refractivity contribution is 6.30. The number of nitrogens with one attached hydrogen (secondary N) is 1. The molecule has 18 heavy (non-hydrogen) atoms. The molecule has 0 aliphatic carbocycles. The Kier molecular flexibility index (Phi) is 3.72. The standard InChI is InChI=1S/C12H13ClN2O3/c13-9-2-1-3-10(4-9)15-6-8(12(17)18)5-14-11(16)7-15/h1-4,8H,5-7H2,(H,14,16)(H,17,18). The van der Waals surface area contributed by atoms with Crippen molar-refractivity contribution in [1.29, 1.82) is 0 Å². The van der Waals surface area contributed by atoms with Crippen LogP contribution >= 0.6 is 11.6 Å². The fourth-order valence-corrected chi connectivity index (χ4v) is 2.08. The predicted molar refractivity (Wildman–Crippen MR) is 67.8 cm³/mol. The average Bonchev–Trinajstić information content (AvgIpc) is 2.51. The van der Waals surface area contributed by atoms with Gasteiger partial charge in [-0.1, -0.05) is 17.7 Å². The van der Waals surface area contributed by atoms with Crippen LogP contribution in [-0.4, -0.2) is 36.6 Å². The molecule has 96 valence electrons. The zero-order valence-corrected chi connectivity index (χ0v) is 10.4. The number of nitrogens with zero attached hydrogens (tertiary/aromatic N) is 1. The molecule has 0 aromatic heterocycles. The summed E-state index contributed by atoms with van der Waals surface area (Å²) >= 11 is 5.90. The Morgan fingerprint density at radius 3 is 2.94 bits per heavy atom.